The molecule has 0 heterocycles. The average molecular weight is 266 g/mol. The van der Waals surface area contributed by atoms with Crippen LogP contribution in [0.25, 0.3) is 0 Å². The summed E-state index contributed by atoms with van der Waals surface area (Å²) in [6, 6.07) is 6.40. The Morgan fingerprint density at radius 3 is 2.84 bits per heavy atom. The van der Waals surface area contributed by atoms with Gasteiger partial charge in [-0.1, -0.05) is 18.2 Å². The number of benzene rings is 1. The van der Waals surface area contributed by atoms with Crippen LogP contribution in [0.15, 0.2) is 24.3 Å². The monoisotopic (exact) mass is 266 g/mol. The van der Waals surface area contributed by atoms with Crippen LogP contribution in [0.5, 0.6) is 0 Å². The summed E-state index contributed by atoms with van der Waals surface area (Å²) in [4.78, 5) is 2.09. The van der Waals surface area contributed by atoms with Crippen molar-refractivity contribution in [1.29, 1.82) is 0 Å². The minimum atomic E-state index is -0.297. The topological polar surface area (TPSA) is 38.5 Å². The van der Waals surface area contributed by atoms with E-state index in [1.165, 1.54) is 18.9 Å². The Balaban J connectivity index is 1.68. The van der Waals surface area contributed by atoms with E-state index in [0.717, 1.165) is 25.7 Å². The summed E-state index contributed by atoms with van der Waals surface area (Å²) >= 11 is 0. The lowest BCUT2D eigenvalue weighted by Gasteiger charge is -2.21. The van der Waals surface area contributed by atoms with Gasteiger partial charge in [-0.2, -0.15) is 0 Å². The molecule has 0 aliphatic heterocycles. The Morgan fingerprint density at radius 1 is 1.42 bits per heavy atom. The molecule has 1 unspecified atom stereocenters. The molecule has 106 valence electrons. The summed E-state index contributed by atoms with van der Waals surface area (Å²) in [6.45, 7) is 3.06. The fourth-order valence-corrected chi connectivity index (χ4v) is 2.06. The van der Waals surface area contributed by atoms with Gasteiger partial charge in [0, 0.05) is 31.3 Å². The Hall–Kier alpha value is -0.970. The van der Waals surface area contributed by atoms with Gasteiger partial charge >= 0.3 is 0 Å². The van der Waals surface area contributed by atoms with Crippen molar-refractivity contribution >= 4 is 0 Å². The van der Waals surface area contributed by atoms with Gasteiger partial charge in [0.15, 0.2) is 0 Å². The van der Waals surface area contributed by atoms with Crippen LogP contribution in [0.2, 0.25) is 0 Å². The largest absolute Gasteiger partial charge is 0.380 e. The van der Waals surface area contributed by atoms with Gasteiger partial charge in [-0.15, -0.1) is 0 Å². The van der Waals surface area contributed by atoms with Crippen molar-refractivity contribution in [3.8, 4) is 0 Å². The predicted octanol–water partition coefficient (Wildman–Crippen LogP) is 2.18. The van der Waals surface area contributed by atoms with E-state index in [-0.39, 0.29) is 11.9 Å². The first-order valence-corrected chi connectivity index (χ1v) is 6.93. The molecular formula is C15H23FN2O. The van der Waals surface area contributed by atoms with Crippen molar-refractivity contribution in [3.05, 3.63) is 35.6 Å². The van der Waals surface area contributed by atoms with Crippen LogP contribution in [0, 0.1) is 11.7 Å². The summed E-state index contributed by atoms with van der Waals surface area (Å²) in [5, 5.41) is 0. The van der Waals surface area contributed by atoms with E-state index < -0.39 is 0 Å². The first-order valence-electron chi connectivity index (χ1n) is 6.93. The quantitative estimate of drug-likeness (QED) is 0.733. The first kappa shape index (κ1) is 14.4. The van der Waals surface area contributed by atoms with Crippen molar-refractivity contribution in [1.82, 2.24) is 4.90 Å². The molecule has 0 amide bonds. The molecule has 0 bridgehead atoms. The van der Waals surface area contributed by atoms with Crippen molar-refractivity contribution in [2.75, 3.05) is 33.4 Å². The molecule has 4 heteroatoms. The van der Waals surface area contributed by atoms with Crippen molar-refractivity contribution < 1.29 is 9.13 Å². The highest BCUT2D eigenvalue weighted by Crippen LogP contribution is 2.28. The minimum Gasteiger partial charge on any atom is -0.380 e. The number of ether oxygens (including phenoxy) is 1. The van der Waals surface area contributed by atoms with Crippen LogP contribution in [0.3, 0.4) is 0 Å². The zero-order chi connectivity index (χ0) is 13.7. The number of nitrogens with zero attached hydrogens (tertiary/aromatic N) is 1. The second-order valence-corrected chi connectivity index (χ2v) is 5.41. The highest BCUT2D eigenvalue weighted by Gasteiger charge is 2.21. The number of hydrogen-bond donors (Lipinski definition) is 1. The summed E-state index contributed by atoms with van der Waals surface area (Å²) in [7, 11) is 1.99. The first-order chi connectivity index (χ1) is 9.16. The van der Waals surface area contributed by atoms with Gasteiger partial charge in [-0.05, 0) is 31.9 Å². The van der Waals surface area contributed by atoms with Crippen LogP contribution >= 0.6 is 0 Å². The zero-order valence-electron chi connectivity index (χ0n) is 11.5. The second-order valence-electron chi connectivity index (χ2n) is 5.41. The third-order valence-electron chi connectivity index (χ3n) is 3.48. The molecule has 1 atom stereocenters. The second kappa shape index (κ2) is 6.98. The van der Waals surface area contributed by atoms with Crippen molar-refractivity contribution in [3.63, 3.8) is 0 Å². The molecule has 0 aromatic heterocycles. The lowest BCUT2D eigenvalue weighted by atomic mass is 10.1. The standard InChI is InChI=1S/C15H23FN2O/c1-18(8-9-19-11-12-6-7-12)10-15(17)13-4-2-3-5-14(13)16/h2-5,12,15H,6-11,17H2,1H3. The number of hydrogen-bond acceptors (Lipinski definition) is 3. The number of halogens is 1. The third-order valence-corrected chi connectivity index (χ3v) is 3.48. The molecule has 1 aliphatic rings. The molecule has 0 saturated heterocycles. The Bertz CT molecular complexity index is 395. The molecule has 0 spiro atoms. The van der Waals surface area contributed by atoms with Gasteiger partial charge in [0.05, 0.1) is 6.61 Å². The van der Waals surface area contributed by atoms with Gasteiger partial charge in [-0.3, -0.25) is 0 Å². The maximum Gasteiger partial charge on any atom is 0.128 e. The number of nitrogens with two attached hydrogens (primary N) is 1. The summed E-state index contributed by atoms with van der Waals surface area (Å²) in [5.41, 5.74) is 6.61. The predicted molar refractivity (Wildman–Crippen MR) is 74.4 cm³/mol. The molecule has 1 aromatic rings. The molecule has 3 nitrogen and oxygen atoms in total. The van der Waals surface area contributed by atoms with Crippen LogP contribution < -0.4 is 5.73 Å². The number of rotatable bonds is 8. The molecule has 2 N–H and O–H groups in total. The highest BCUT2D eigenvalue weighted by atomic mass is 19.1. The third kappa shape index (κ3) is 4.90. The molecule has 1 aromatic carbocycles. The molecule has 1 aliphatic carbocycles. The Morgan fingerprint density at radius 2 is 2.16 bits per heavy atom. The molecule has 0 radical (unpaired) electrons. The highest BCUT2D eigenvalue weighted by molar-refractivity contribution is 5.21. The van der Waals surface area contributed by atoms with E-state index in [4.69, 9.17) is 10.5 Å². The van der Waals surface area contributed by atoms with Gasteiger partial charge in [-0.25, -0.2) is 4.39 Å². The van der Waals surface area contributed by atoms with E-state index in [1.54, 1.807) is 12.1 Å². The Kier molecular flexibility index (Phi) is 5.31. The summed E-state index contributed by atoms with van der Waals surface area (Å²) in [5.74, 6) is 0.569. The van der Waals surface area contributed by atoms with E-state index in [0.29, 0.717) is 12.1 Å². The smallest absolute Gasteiger partial charge is 0.128 e. The molecule has 19 heavy (non-hydrogen) atoms. The van der Waals surface area contributed by atoms with Gasteiger partial charge in [0.2, 0.25) is 0 Å². The maximum absolute atomic E-state index is 13.6. The minimum absolute atomic E-state index is 0.228. The van der Waals surface area contributed by atoms with E-state index in [9.17, 15) is 4.39 Å². The summed E-state index contributed by atoms with van der Waals surface area (Å²) < 4.78 is 19.2. The van der Waals surface area contributed by atoms with Crippen molar-refractivity contribution in [2.24, 2.45) is 11.7 Å². The van der Waals surface area contributed by atoms with Crippen LogP contribution in [-0.2, 0) is 4.74 Å². The Labute approximate surface area is 114 Å². The fourth-order valence-electron chi connectivity index (χ4n) is 2.06. The summed E-state index contributed by atoms with van der Waals surface area (Å²) in [6.07, 6.45) is 2.63. The van der Waals surface area contributed by atoms with Gasteiger partial charge in [0.1, 0.15) is 5.82 Å². The van der Waals surface area contributed by atoms with Crippen LogP contribution in [0.4, 0.5) is 4.39 Å². The molecule has 1 saturated carbocycles. The normalized spacial score (nSPS) is 16.8. The number of likely N-dealkylation sites (N-methyl/N-ethyl adjacent to an activating group) is 1. The van der Waals surface area contributed by atoms with Gasteiger partial charge in [0.25, 0.3) is 0 Å². The molecule has 2 rings (SSSR count). The maximum atomic E-state index is 13.6. The zero-order valence-corrected chi connectivity index (χ0v) is 11.5. The van der Waals surface area contributed by atoms with E-state index in [1.807, 2.05) is 13.1 Å². The van der Waals surface area contributed by atoms with Gasteiger partial charge < -0.3 is 15.4 Å². The average Bonchev–Trinajstić information content (AvgIpc) is 3.19. The lowest BCUT2D eigenvalue weighted by molar-refractivity contribution is 0.102. The molecular weight excluding hydrogens is 243 g/mol. The van der Waals surface area contributed by atoms with Crippen LogP contribution in [-0.4, -0.2) is 38.3 Å². The fraction of sp³-hybridized carbons (Fsp3) is 0.600. The molecule has 1 fully saturated rings. The SMILES string of the molecule is CN(CCOCC1CC1)CC(N)c1ccccc1F. The van der Waals surface area contributed by atoms with E-state index in [2.05, 4.69) is 4.90 Å². The lowest BCUT2D eigenvalue weighted by Crippen LogP contribution is -2.32. The van der Waals surface area contributed by atoms with E-state index >= 15 is 0 Å². The van der Waals surface area contributed by atoms with Crippen LogP contribution in [0.1, 0.15) is 24.4 Å². The van der Waals surface area contributed by atoms with Crippen molar-refractivity contribution in [2.45, 2.75) is 18.9 Å².